The Morgan fingerprint density at radius 1 is 1.13 bits per heavy atom. The second kappa shape index (κ2) is 6.36. The van der Waals surface area contributed by atoms with Crippen molar-refractivity contribution in [3.8, 4) is 0 Å². The molecule has 0 aliphatic heterocycles. The summed E-state index contributed by atoms with van der Waals surface area (Å²) in [4.78, 5) is 20.7. The Hall–Kier alpha value is -2.43. The van der Waals surface area contributed by atoms with E-state index in [9.17, 15) is 4.79 Å². The first kappa shape index (κ1) is 15.5. The van der Waals surface area contributed by atoms with Gasteiger partial charge in [0.15, 0.2) is 0 Å². The predicted molar refractivity (Wildman–Crippen MR) is 90.4 cm³/mol. The van der Waals surface area contributed by atoms with Gasteiger partial charge < -0.3 is 10.6 Å². The lowest BCUT2D eigenvalue weighted by Gasteiger charge is -2.17. The van der Waals surface area contributed by atoms with Crippen molar-refractivity contribution in [2.24, 2.45) is 0 Å². The summed E-state index contributed by atoms with van der Waals surface area (Å²) in [5.41, 5.74) is 3.25. The Bertz CT molecular complexity index is 675. The number of anilines is 1. The minimum Gasteiger partial charge on any atom is -0.367 e. The third kappa shape index (κ3) is 3.50. The fourth-order valence-electron chi connectivity index (χ4n) is 2.95. The van der Waals surface area contributed by atoms with E-state index >= 15 is 0 Å². The number of hydrogen-bond acceptors (Lipinski definition) is 4. The van der Waals surface area contributed by atoms with Crippen molar-refractivity contribution >= 4 is 11.7 Å². The minimum absolute atomic E-state index is 0.128. The normalized spacial score (nSPS) is 15.0. The van der Waals surface area contributed by atoms with Crippen LogP contribution in [0, 0.1) is 13.8 Å². The molecule has 1 aliphatic carbocycles. The summed E-state index contributed by atoms with van der Waals surface area (Å²) >= 11 is 0. The number of benzene rings is 1. The summed E-state index contributed by atoms with van der Waals surface area (Å²) in [6.45, 7) is 5.36. The van der Waals surface area contributed by atoms with Crippen molar-refractivity contribution in [3.05, 3.63) is 53.5 Å². The number of rotatable bonds is 6. The van der Waals surface area contributed by atoms with Crippen LogP contribution in [0.1, 0.15) is 29.5 Å². The van der Waals surface area contributed by atoms with Gasteiger partial charge in [0.2, 0.25) is 5.91 Å². The van der Waals surface area contributed by atoms with Crippen molar-refractivity contribution in [3.63, 3.8) is 0 Å². The van der Waals surface area contributed by atoms with Crippen LogP contribution in [-0.2, 0) is 10.2 Å². The first-order valence-corrected chi connectivity index (χ1v) is 7.97. The first-order chi connectivity index (χ1) is 11.1. The minimum atomic E-state index is -0.316. The lowest BCUT2D eigenvalue weighted by molar-refractivity contribution is -0.123. The molecule has 0 atom stereocenters. The molecule has 2 aromatic rings. The average molecular weight is 310 g/mol. The van der Waals surface area contributed by atoms with E-state index in [1.807, 2.05) is 0 Å². The standard InChI is InChI=1S/C18H22N4O/c1-13-9-14(2)11-15(10-13)18(3-4-18)17(23)22-8-7-21-16-12-19-5-6-20-16/h5-6,9-12H,3-4,7-8H2,1-2H3,(H,20,21)(H,22,23). The second-order valence-corrected chi connectivity index (χ2v) is 6.23. The third-order valence-corrected chi connectivity index (χ3v) is 4.24. The molecule has 1 amide bonds. The fourth-order valence-corrected chi connectivity index (χ4v) is 2.95. The maximum absolute atomic E-state index is 12.6. The molecular formula is C18H22N4O. The van der Waals surface area contributed by atoms with E-state index in [1.54, 1.807) is 18.6 Å². The van der Waals surface area contributed by atoms with Gasteiger partial charge in [-0.3, -0.25) is 9.78 Å². The zero-order chi connectivity index (χ0) is 16.3. The van der Waals surface area contributed by atoms with Gasteiger partial charge in [-0.25, -0.2) is 4.98 Å². The van der Waals surface area contributed by atoms with Crippen LogP contribution in [0.3, 0.4) is 0 Å². The number of amides is 1. The van der Waals surface area contributed by atoms with Gasteiger partial charge >= 0.3 is 0 Å². The maximum atomic E-state index is 12.6. The Balaban J connectivity index is 1.55. The van der Waals surface area contributed by atoms with Crippen molar-refractivity contribution in [1.29, 1.82) is 0 Å². The molecule has 0 bridgehead atoms. The molecular weight excluding hydrogens is 288 g/mol. The van der Waals surface area contributed by atoms with Crippen LogP contribution >= 0.6 is 0 Å². The summed E-state index contributed by atoms with van der Waals surface area (Å²) in [5, 5.41) is 6.18. The predicted octanol–water partition coefficient (Wildman–Crippen LogP) is 2.35. The summed E-state index contributed by atoms with van der Waals surface area (Å²) in [7, 11) is 0. The molecule has 0 radical (unpaired) electrons. The molecule has 120 valence electrons. The number of aromatic nitrogens is 2. The largest absolute Gasteiger partial charge is 0.367 e. The Kier molecular flexibility index (Phi) is 4.28. The number of nitrogens with one attached hydrogen (secondary N) is 2. The van der Waals surface area contributed by atoms with Gasteiger partial charge in [0.25, 0.3) is 0 Å². The molecule has 23 heavy (non-hydrogen) atoms. The zero-order valence-electron chi connectivity index (χ0n) is 13.6. The molecule has 3 rings (SSSR count). The van der Waals surface area contributed by atoms with Gasteiger partial charge in [-0.15, -0.1) is 0 Å². The maximum Gasteiger partial charge on any atom is 0.230 e. The Labute approximate surface area is 136 Å². The van der Waals surface area contributed by atoms with Gasteiger partial charge in [0, 0.05) is 25.5 Å². The highest BCUT2D eigenvalue weighted by molar-refractivity contribution is 5.91. The van der Waals surface area contributed by atoms with Gasteiger partial charge in [-0.05, 0) is 32.3 Å². The lowest BCUT2D eigenvalue weighted by atomic mass is 9.92. The lowest BCUT2D eigenvalue weighted by Crippen LogP contribution is -2.37. The van der Waals surface area contributed by atoms with Crippen molar-refractivity contribution in [2.75, 3.05) is 18.4 Å². The van der Waals surface area contributed by atoms with Gasteiger partial charge in [0.05, 0.1) is 11.6 Å². The van der Waals surface area contributed by atoms with Crippen LogP contribution in [-0.4, -0.2) is 29.0 Å². The second-order valence-electron chi connectivity index (χ2n) is 6.23. The summed E-state index contributed by atoms with van der Waals surface area (Å²) < 4.78 is 0. The molecule has 0 saturated heterocycles. The average Bonchev–Trinajstić information content (AvgIpc) is 3.33. The molecule has 1 aromatic carbocycles. The van der Waals surface area contributed by atoms with E-state index in [1.165, 1.54) is 11.1 Å². The molecule has 1 heterocycles. The van der Waals surface area contributed by atoms with Gasteiger partial charge in [-0.2, -0.15) is 0 Å². The molecule has 5 heteroatoms. The Morgan fingerprint density at radius 3 is 2.48 bits per heavy atom. The molecule has 0 spiro atoms. The monoisotopic (exact) mass is 310 g/mol. The van der Waals surface area contributed by atoms with E-state index < -0.39 is 0 Å². The smallest absolute Gasteiger partial charge is 0.230 e. The summed E-state index contributed by atoms with van der Waals surface area (Å²) in [5.74, 6) is 0.848. The fraction of sp³-hybridized carbons (Fsp3) is 0.389. The van der Waals surface area contributed by atoms with E-state index in [2.05, 4.69) is 52.6 Å². The number of carbonyl (C=O) groups is 1. The summed E-state index contributed by atoms with van der Waals surface area (Å²) in [6, 6.07) is 6.41. The molecule has 2 N–H and O–H groups in total. The van der Waals surface area contributed by atoms with Crippen LogP contribution in [0.2, 0.25) is 0 Å². The van der Waals surface area contributed by atoms with Crippen LogP contribution in [0.4, 0.5) is 5.82 Å². The molecule has 1 fully saturated rings. The van der Waals surface area contributed by atoms with E-state index in [0.29, 0.717) is 13.1 Å². The van der Waals surface area contributed by atoms with Crippen molar-refractivity contribution < 1.29 is 4.79 Å². The molecule has 5 nitrogen and oxygen atoms in total. The first-order valence-electron chi connectivity index (χ1n) is 7.97. The SMILES string of the molecule is Cc1cc(C)cc(C2(C(=O)NCCNc3cnccn3)CC2)c1. The van der Waals surface area contributed by atoms with Crippen LogP contribution < -0.4 is 10.6 Å². The third-order valence-electron chi connectivity index (χ3n) is 4.24. The number of nitrogens with zero attached hydrogens (tertiary/aromatic N) is 2. The van der Waals surface area contributed by atoms with Crippen LogP contribution in [0.25, 0.3) is 0 Å². The molecule has 1 aromatic heterocycles. The highest BCUT2D eigenvalue weighted by atomic mass is 16.2. The highest BCUT2D eigenvalue weighted by Gasteiger charge is 2.51. The van der Waals surface area contributed by atoms with Gasteiger partial charge in [-0.1, -0.05) is 29.3 Å². The number of carbonyl (C=O) groups excluding carboxylic acids is 1. The molecule has 0 unspecified atom stereocenters. The van der Waals surface area contributed by atoms with Crippen molar-refractivity contribution in [1.82, 2.24) is 15.3 Å². The van der Waals surface area contributed by atoms with E-state index in [-0.39, 0.29) is 11.3 Å². The highest BCUT2D eigenvalue weighted by Crippen LogP contribution is 2.48. The van der Waals surface area contributed by atoms with Crippen LogP contribution in [0.15, 0.2) is 36.8 Å². The number of hydrogen-bond donors (Lipinski definition) is 2. The molecule has 1 saturated carbocycles. The topological polar surface area (TPSA) is 66.9 Å². The van der Waals surface area contributed by atoms with Gasteiger partial charge in [0.1, 0.15) is 5.82 Å². The van der Waals surface area contributed by atoms with E-state index in [0.717, 1.165) is 24.2 Å². The zero-order valence-corrected chi connectivity index (χ0v) is 13.6. The molecule has 1 aliphatic rings. The quantitative estimate of drug-likeness (QED) is 0.804. The van der Waals surface area contributed by atoms with Crippen LogP contribution in [0.5, 0.6) is 0 Å². The Morgan fingerprint density at radius 2 is 1.87 bits per heavy atom. The number of aryl methyl sites for hydroxylation is 2. The van der Waals surface area contributed by atoms with E-state index in [4.69, 9.17) is 0 Å². The van der Waals surface area contributed by atoms with Crippen molar-refractivity contribution in [2.45, 2.75) is 32.1 Å². The summed E-state index contributed by atoms with van der Waals surface area (Å²) in [6.07, 6.45) is 6.80.